The molecule has 0 bridgehead atoms. The number of aliphatic imine (C=N–C) groups is 1. The number of fused-ring (bicyclic) bond motifs is 1. The number of nitrogens with zero attached hydrogens (tertiary/aromatic N) is 2. The number of hydrogen-bond donors (Lipinski definition) is 1. The van der Waals surface area contributed by atoms with Crippen LogP contribution in [0.3, 0.4) is 0 Å². The lowest BCUT2D eigenvalue weighted by atomic mass is 9.89. The molecule has 0 radical (unpaired) electrons. The molecule has 1 unspecified atom stereocenters. The van der Waals surface area contributed by atoms with Crippen LogP contribution in [0.25, 0.3) is 6.08 Å². The summed E-state index contributed by atoms with van der Waals surface area (Å²) in [5.74, 6) is 1.04. The van der Waals surface area contributed by atoms with Gasteiger partial charge in [-0.15, -0.1) is 0 Å². The molecule has 0 saturated heterocycles. The molecule has 1 aromatic heterocycles. The zero-order chi connectivity index (χ0) is 16.9. The van der Waals surface area contributed by atoms with Gasteiger partial charge in [-0.2, -0.15) is 0 Å². The van der Waals surface area contributed by atoms with Gasteiger partial charge < -0.3 is 5.73 Å². The number of pyridine rings is 1. The zero-order valence-corrected chi connectivity index (χ0v) is 14.2. The molecular weight excluding hydrogens is 294 g/mol. The van der Waals surface area contributed by atoms with Gasteiger partial charge in [-0.05, 0) is 37.0 Å². The molecule has 1 aliphatic carbocycles. The first-order chi connectivity index (χ1) is 11.6. The largest absolute Gasteiger partial charge is 0.383 e. The molecule has 122 valence electrons. The second-order valence-electron chi connectivity index (χ2n) is 6.22. The van der Waals surface area contributed by atoms with Crippen molar-refractivity contribution >= 4 is 11.9 Å². The van der Waals surface area contributed by atoms with Gasteiger partial charge in [0.1, 0.15) is 5.84 Å². The van der Waals surface area contributed by atoms with E-state index in [0.717, 1.165) is 24.1 Å². The summed E-state index contributed by atoms with van der Waals surface area (Å²) < 4.78 is 0. The summed E-state index contributed by atoms with van der Waals surface area (Å²) in [7, 11) is 0. The molecule has 1 aliphatic rings. The number of hydrogen-bond acceptors (Lipinski definition) is 2. The van der Waals surface area contributed by atoms with Crippen molar-refractivity contribution < 1.29 is 0 Å². The van der Waals surface area contributed by atoms with Crippen LogP contribution in [0, 0.1) is 0 Å². The normalized spacial score (nSPS) is 17.7. The summed E-state index contributed by atoms with van der Waals surface area (Å²) in [6, 6.07) is 11.9. The third-order valence-electron chi connectivity index (χ3n) is 4.34. The van der Waals surface area contributed by atoms with E-state index >= 15 is 0 Å². The fourth-order valence-corrected chi connectivity index (χ4v) is 2.96. The summed E-state index contributed by atoms with van der Waals surface area (Å²) in [4.78, 5) is 9.07. The molecule has 0 amide bonds. The molecule has 0 saturated carbocycles. The standard InChI is InChI=1S/C21H23N3/c1-15-7-6-10-19-17(13-14-23-20(15)19)12-11-16(2)24-21(22)18-8-4-3-5-9-18/h3-6,8-11,13-15H,7,12H2,1-2H3,(H2,22,24)/b16-11-. The smallest absolute Gasteiger partial charge is 0.130 e. The van der Waals surface area contributed by atoms with Crippen molar-refractivity contribution in [2.75, 3.05) is 0 Å². The maximum absolute atomic E-state index is 6.08. The third-order valence-corrected chi connectivity index (χ3v) is 4.34. The van der Waals surface area contributed by atoms with Crippen LogP contribution in [0.5, 0.6) is 0 Å². The van der Waals surface area contributed by atoms with Crippen LogP contribution in [0.1, 0.15) is 48.6 Å². The monoisotopic (exact) mass is 317 g/mol. The van der Waals surface area contributed by atoms with E-state index in [1.54, 1.807) is 0 Å². The predicted molar refractivity (Wildman–Crippen MR) is 101 cm³/mol. The molecule has 24 heavy (non-hydrogen) atoms. The summed E-state index contributed by atoms with van der Waals surface area (Å²) >= 11 is 0. The van der Waals surface area contributed by atoms with Crippen LogP contribution in [-0.4, -0.2) is 10.8 Å². The van der Waals surface area contributed by atoms with E-state index in [-0.39, 0.29) is 0 Å². The minimum Gasteiger partial charge on any atom is -0.383 e. The van der Waals surface area contributed by atoms with E-state index < -0.39 is 0 Å². The lowest BCUT2D eigenvalue weighted by Crippen LogP contribution is -2.13. The molecule has 2 aromatic rings. The minimum absolute atomic E-state index is 0.488. The molecule has 0 spiro atoms. The Morgan fingerprint density at radius 1 is 1.29 bits per heavy atom. The Labute approximate surface area is 143 Å². The number of allylic oxidation sites excluding steroid dienone is 3. The second kappa shape index (κ2) is 7.26. The van der Waals surface area contributed by atoms with Crippen LogP contribution in [0.2, 0.25) is 0 Å². The van der Waals surface area contributed by atoms with Gasteiger partial charge in [0.25, 0.3) is 0 Å². The number of aromatic nitrogens is 1. The molecule has 0 aliphatic heterocycles. The fourth-order valence-electron chi connectivity index (χ4n) is 2.96. The van der Waals surface area contributed by atoms with E-state index in [1.165, 1.54) is 16.8 Å². The fraction of sp³-hybridized carbons (Fsp3) is 0.238. The Morgan fingerprint density at radius 3 is 2.88 bits per heavy atom. The molecule has 0 fully saturated rings. The van der Waals surface area contributed by atoms with Gasteiger partial charge in [-0.1, -0.05) is 55.5 Å². The van der Waals surface area contributed by atoms with Crippen molar-refractivity contribution in [3.8, 4) is 0 Å². The predicted octanol–water partition coefficient (Wildman–Crippen LogP) is 4.45. The molecule has 3 heteroatoms. The van der Waals surface area contributed by atoms with Gasteiger partial charge in [0.15, 0.2) is 0 Å². The number of amidine groups is 1. The quantitative estimate of drug-likeness (QED) is 0.669. The van der Waals surface area contributed by atoms with E-state index in [1.807, 2.05) is 43.5 Å². The van der Waals surface area contributed by atoms with Crippen LogP contribution >= 0.6 is 0 Å². The number of benzene rings is 1. The summed E-state index contributed by atoms with van der Waals surface area (Å²) in [6.45, 7) is 4.22. The zero-order valence-electron chi connectivity index (χ0n) is 14.2. The highest BCUT2D eigenvalue weighted by Gasteiger charge is 2.15. The van der Waals surface area contributed by atoms with E-state index in [9.17, 15) is 0 Å². The highest BCUT2D eigenvalue weighted by molar-refractivity contribution is 5.97. The first-order valence-electron chi connectivity index (χ1n) is 8.36. The van der Waals surface area contributed by atoms with Crippen LogP contribution in [-0.2, 0) is 6.42 Å². The molecular formula is C21H23N3. The maximum atomic E-state index is 6.08. The molecule has 3 rings (SSSR count). The highest BCUT2D eigenvalue weighted by atomic mass is 14.9. The van der Waals surface area contributed by atoms with Crippen molar-refractivity contribution in [3.05, 3.63) is 82.8 Å². The Kier molecular flexibility index (Phi) is 4.90. The molecule has 1 heterocycles. The molecule has 2 N–H and O–H groups in total. The lowest BCUT2D eigenvalue weighted by Gasteiger charge is -2.18. The Balaban J connectivity index is 1.79. The Hall–Kier alpha value is -2.68. The Morgan fingerprint density at radius 2 is 2.08 bits per heavy atom. The molecule has 3 nitrogen and oxygen atoms in total. The van der Waals surface area contributed by atoms with Gasteiger partial charge in [0, 0.05) is 23.4 Å². The highest BCUT2D eigenvalue weighted by Crippen LogP contribution is 2.29. The van der Waals surface area contributed by atoms with Crippen molar-refractivity contribution in [1.29, 1.82) is 0 Å². The SMILES string of the molecule is C/C(=C/Cc1ccnc2c1C=CCC2C)N=C(N)c1ccccc1. The van der Waals surface area contributed by atoms with Crippen molar-refractivity contribution in [3.63, 3.8) is 0 Å². The van der Waals surface area contributed by atoms with E-state index in [2.05, 4.69) is 41.2 Å². The van der Waals surface area contributed by atoms with Gasteiger partial charge in [0.2, 0.25) is 0 Å². The van der Waals surface area contributed by atoms with Crippen molar-refractivity contribution in [2.45, 2.75) is 32.6 Å². The topological polar surface area (TPSA) is 51.3 Å². The van der Waals surface area contributed by atoms with Gasteiger partial charge in [0.05, 0.1) is 5.69 Å². The van der Waals surface area contributed by atoms with Crippen molar-refractivity contribution in [2.24, 2.45) is 10.7 Å². The third kappa shape index (κ3) is 3.62. The second-order valence-corrected chi connectivity index (χ2v) is 6.22. The average Bonchev–Trinajstić information content (AvgIpc) is 2.61. The molecule has 1 aromatic carbocycles. The maximum Gasteiger partial charge on any atom is 0.130 e. The van der Waals surface area contributed by atoms with Gasteiger partial charge in [-0.25, -0.2) is 4.99 Å². The number of rotatable bonds is 4. The van der Waals surface area contributed by atoms with Crippen LogP contribution < -0.4 is 5.73 Å². The van der Waals surface area contributed by atoms with E-state index in [0.29, 0.717) is 11.8 Å². The van der Waals surface area contributed by atoms with Crippen LogP contribution in [0.4, 0.5) is 0 Å². The minimum atomic E-state index is 0.488. The van der Waals surface area contributed by atoms with Gasteiger partial charge >= 0.3 is 0 Å². The van der Waals surface area contributed by atoms with Gasteiger partial charge in [-0.3, -0.25) is 4.98 Å². The summed E-state index contributed by atoms with van der Waals surface area (Å²) in [5.41, 5.74) is 11.7. The average molecular weight is 317 g/mol. The molecule has 1 atom stereocenters. The summed E-state index contributed by atoms with van der Waals surface area (Å²) in [5, 5.41) is 0. The van der Waals surface area contributed by atoms with Crippen LogP contribution in [0.15, 0.2) is 65.4 Å². The first-order valence-corrected chi connectivity index (χ1v) is 8.36. The Bertz CT molecular complexity index is 801. The first kappa shape index (κ1) is 16.2. The lowest BCUT2D eigenvalue weighted by molar-refractivity contribution is 0.736. The van der Waals surface area contributed by atoms with E-state index in [4.69, 9.17) is 5.73 Å². The summed E-state index contributed by atoms with van der Waals surface area (Å²) in [6.07, 6.45) is 10.4. The van der Waals surface area contributed by atoms with Crippen molar-refractivity contribution in [1.82, 2.24) is 4.98 Å². The number of nitrogens with two attached hydrogens (primary N) is 1.